The molecule has 152 valence electrons. The van der Waals surface area contributed by atoms with Gasteiger partial charge in [-0.05, 0) is 18.1 Å². The lowest BCUT2D eigenvalue weighted by atomic mass is 10.1. The molecule has 4 rings (SSSR count). The fourth-order valence-corrected chi connectivity index (χ4v) is 3.45. The Labute approximate surface area is 166 Å². The number of rotatable bonds is 6. The van der Waals surface area contributed by atoms with Crippen molar-refractivity contribution in [3.05, 3.63) is 52.2 Å². The zero-order valence-electron chi connectivity index (χ0n) is 16.2. The Hall–Kier alpha value is -3.11. The Bertz CT molecular complexity index is 1040. The summed E-state index contributed by atoms with van der Waals surface area (Å²) in [5, 5.41) is 5.60. The van der Waals surface area contributed by atoms with Crippen molar-refractivity contribution < 1.29 is 9.53 Å². The first-order chi connectivity index (χ1) is 14.2. The summed E-state index contributed by atoms with van der Waals surface area (Å²) in [6.07, 6.45) is 4.92. The fraction of sp³-hybridized carbons (Fsp3) is 0.421. The second-order valence-corrected chi connectivity index (χ2v) is 6.87. The quantitative estimate of drug-likeness (QED) is 0.631. The van der Waals surface area contributed by atoms with E-state index in [1.165, 1.54) is 10.6 Å². The molecule has 0 spiro atoms. The molecule has 0 saturated carbocycles. The summed E-state index contributed by atoms with van der Waals surface area (Å²) in [5.74, 6) is 0.150. The Kier molecular flexibility index (Phi) is 5.63. The Balaban J connectivity index is 1.61. The van der Waals surface area contributed by atoms with Gasteiger partial charge in [0.25, 0.3) is 11.3 Å². The van der Waals surface area contributed by atoms with Gasteiger partial charge in [0.05, 0.1) is 18.9 Å². The largest absolute Gasteiger partial charge is 0.379 e. The summed E-state index contributed by atoms with van der Waals surface area (Å²) in [7, 11) is 0. The number of amides is 1. The van der Waals surface area contributed by atoms with Gasteiger partial charge in [-0.2, -0.15) is 9.50 Å². The average molecular weight is 397 g/mol. The maximum Gasteiger partial charge on any atom is 0.274 e. The summed E-state index contributed by atoms with van der Waals surface area (Å²) in [6, 6.07) is 4.61. The maximum atomic E-state index is 13.2. The number of hydrogen-bond donors (Lipinski definition) is 2. The summed E-state index contributed by atoms with van der Waals surface area (Å²) in [5.41, 5.74) is 1.20. The highest BCUT2D eigenvalue weighted by Crippen LogP contribution is 2.22. The van der Waals surface area contributed by atoms with E-state index in [0.29, 0.717) is 38.4 Å². The zero-order valence-corrected chi connectivity index (χ0v) is 16.2. The van der Waals surface area contributed by atoms with Crippen LogP contribution in [0.5, 0.6) is 0 Å². The third kappa shape index (κ3) is 4.17. The van der Waals surface area contributed by atoms with Gasteiger partial charge in [-0.1, -0.05) is 19.4 Å². The molecular formula is C19H23N7O3. The highest BCUT2D eigenvalue weighted by atomic mass is 16.5. The van der Waals surface area contributed by atoms with Crippen LogP contribution < -0.4 is 10.9 Å². The van der Waals surface area contributed by atoms with Crippen LogP contribution in [0.3, 0.4) is 0 Å². The molecular weight excluding hydrogens is 374 g/mol. The van der Waals surface area contributed by atoms with Gasteiger partial charge in [-0.25, -0.2) is 4.98 Å². The van der Waals surface area contributed by atoms with E-state index in [0.717, 1.165) is 12.0 Å². The van der Waals surface area contributed by atoms with E-state index in [4.69, 9.17) is 4.74 Å². The normalized spacial score (nSPS) is 16.0. The predicted octanol–water partition coefficient (Wildman–Crippen LogP) is 0.777. The van der Waals surface area contributed by atoms with Gasteiger partial charge in [0.1, 0.15) is 6.04 Å². The molecule has 1 fully saturated rings. The molecule has 10 nitrogen and oxygen atoms in total. The lowest BCUT2D eigenvalue weighted by molar-refractivity contribution is -0.123. The van der Waals surface area contributed by atoms with Crippen molar-refractivity contribution in [3.8, 4) is 0 Å². The Morgan fingerprint density at radius 2 is 2.17 bits per heavy atom. The van der Waals surface area contributed by atoms with Crippen LogP contribution in [0.15, 0.2) is 35.4 Å². The van der Waals surface area contributed by atoms with Gasteiger partial charge >= 0.3 is 0 Å². The molecule has 10 heteroatoms. The van der Waals surface area contributed by atoms with E-state index in [2.05, 4.69) is 25.4 Å². The van der Waals surface area contributed by atoms with Gasteiger partial charge in [-0.3, -0.25) is 29.9 Å². The van der Waals surface area contributed by atoms with Crippen molar-refractivity contribution in [1.82, 2.24) is 29.5 Å². The molecule has 1 atom stereocenters. The topological polar surface area (TPSA) is 118 Å². The number of H-pyrrole nitrogens is 1. The van der Waals surface area contributed by atoms with E-state index in [1.54, 1.807) is 18.5 Å². The van der Waals surface area contributed by atoms with Crippen LogP contribution in [0.25, 0.3) is 5.78 Å². The molecule has 0 aliphatic carbocycles. The van der Waals surface area contributed by atoms with Gasteiger partial charge in [0, 0.05) is 31.5 Å². The molecule has 1 saturated heterocycles. The van der Waals surface area contributed by atoms with Crippen molar-refractivity contribution in [1.29, 1.82) is 0 Å². The van der Waals surface area contributed by atoms with E-state index < -0.39 is 6.04 Å². The van der Waals surface area contributed by atoms with Gasteiger partial charge < -0.3 is 4.74 Å². The molecule has 0 bridgehead atoms. The first-order valence-corrected chi connectivity index (χ1v) is 9.67. The van der Waals surface area contributed by atoms with Crippen LogP contribution in [-0.4, -0.2) is 61.7 Å². The number of aryl methyl sites for hydroxylation is 1. The summed E-state index contributed by atoms with van der Waals surface area (Å²) < 4.78 is 6.64. The van der Waals surface area contributed by atoms with Crippen LogP contribution in [0.4, 0.5) is 5.95 Å². The second kappa shape index (κ2) is 8.50. The molecule has 0 radical (unpaired) electrons. The van der Waals surface area contributed by atoms with Gasteiger partial charge in [0.15, 0.2) is 0 Å². The third-order valence-electron chi connectivity index (χ3n) is 4.79. The summed E-state index contributed by atoms with van der Waals surface area (Å²) >= 11 is 0. The molecule has 3 aromatic heterocycles. The molecule has 0 aromatic carbocycles. The van der Waals surface area contributed by atoms with E-state index in [9.17, 15) is 9.59 Å². The minimum absolute atomic E-state index is 0.176. The zero-order chi connectivity index (χ0) is 20.2. The average Bonchev–Trinajstić information content (AvgIpc) is 3.13. The van der Waals surface area contributed by atoms with Crippen molar-refractivity contribution in [3.63, 3.8) is 0 Å². The number of aromatic amines is 1. The number of fused-ring (bicyclic) bond motifs is 1. The number of nitrogens with one attached hydrogen (secondary N) is 2. The number of aromatic nitrogens is 5. The minimum Gasteiger partial charge on any atom is -0.379 e. The number of ether oxygens (including phenoxy) is 1. The second-order valence-electron chi connectivity index (χ2n) is 6.87. The van der Waals surface area contributed by atoms with E-state index in [-0.39, 0.29) is 23.2 Å². The van der Waals surface area contributed by atoms with Crippen LogP contribution in [0.1, 0.15) is 30.6 Å². The van der Waals surface area contributed by atoms with Crippen LogP contribution >= 0.6 is 0 Å². The molecule has 29 heavy (non-hydrogen) atoms. The smallest absolute Gasteiger partial charge is 0.274 e. The van der Waals surface area contributed by atoms with Crippen LogP contribution in [-0.2, 0) is 16.0 Å². The number of anilines is 1. The highest BCUT2D eigenvalue weighted by Gasteiger charge is 2.30. The van der Waals surface area contributed by atoms with Crippen molar-refractivity contribution in [2.75, 3.05) is 31.6 Å². The monoisotopic (exact) mass is 397 g/mol. The lowest BCUT2D eigenvalue weighted by Crippen LogP contribution is -2.44. The molecule has 2 N–H and O–H groups in total. The number of morpholine rings is 1. The van der Waals surface area contributed by atoms with E-state index >= 15 is 0 Å². The molecule has 4 heterocycles. The number of carbonyl (C=O) groups is 1. The number of nitrogens with zero attached hydrogens (tertiary/aromatic N) is 5. The fourth-order valence-electron chi connectivity index (χ4n) is 3.45. The summed E-state index contributed by atoms with van der Waals surface area (Å²) in [4.78, 5) is 40.3. The SMILES string of the molecule is CCCc1cc(=O)n2[nH]c(NC(=O)C(c3cccnc3)N3CCOCC3)nc2n1. The Morgan fingerprint density at radius 1 is 1.34 bits per heavy atom. The van der Waals surface area contributed by atoms with Crippen molar-refractivity contribution in [2.45, 2.75) is 25.8 Å². The van der Waals surface area contributed by atoms with Gasteiger partial charge in [0.2, 0.25) is 11.9 Å². The molecule has 1 unspecified atom stereocenters. The molecule has 1 aliphatic rings. The highest BCUT2D eigenvalue weighted by molar-refractivity contribution is 5.94. The van der Waals surface area contributed by atoms with Crippen molar-refractivity contribution in [2.24, 2.45) is 0 Å². The Morgan fingerprint density at radius 3 is 2.90 bits per heavy atom. The third-order valence-corrected chi connectivity index (χ3v) is 4.79. The first-order valence-electron chi connectivity index (χ1n) is 9.67. The minimum atomic E-state index is -0.541. The number of carbonyl (C=O) groups excluding carboxylic acids is 1. The predicted molar refractivity (Wildman–Crippen MR) is 106 cm³/mol. The first kappa shape index (κ1) is 19.2. The molecule has 3 aromatic rings. The van der Waals surface area contributed by atoms with Crippen LogP contribution in [0, 0.1) is 0 Å². The van der Waals surface area contributed by atoms with Gasteiger partial charge in [-0.15, -0.1) is 0 Å². The lowest BCUT2D eigenvalue weighted by Gasteiger charge is -2.33. The molecule has 1 aliphatic heterocycles. The van der Waals surface area contributed by atoms with Crippen molar-refractivity contribution >= 4 is 17.6 Å². The van der Waals surface area contributed by atoms with E-state index in [1.807, 2.05) is 17.9 Å². The van der Waals surface area contributed by atoms with Crippen LogP contribution in [0.2, 0.25) is 0 Å². The number of pyridine rings is 1. The maximum absolute atomic E-state index is 13.2. The summed E-state index contributed by atoms with van der Waals surface area (Å²) in [6.45, 7) is 4.41. The standard InChI is InChI=1S/C19H23N7O3/c1-2-4-14-11-15(27)26-19(21-14)23-18(24-26)22-17(28)16(13-5-3-6-20-12-13)25-7-9-29-10-8-25/h3,5-6,11-12,16H,2,4,7-10H2,1H3,(H2,21,22,23,24,28). The number of hydrogen-bond acceptors (Lipinski definition) is 7. The molecule has 1 amide bonds.